The topological polar surface area (TPSA) is 50.4 Å². The van der Waals surface area contributed by atoms with Gasteiger partial charge in [0.1, 0.15) is 0 Å². The van der Waals surface area contributed by atoms with Crippen molar-refractivity contribution in [2.24, 2.45) is 0 Å². The predicted octanol–water partition coefficient (Wildman–Crippen LogP) is 3.65. The highest BCUT2D eigenvalue weighted by atomic mass is 16.5. The molecule has 0 bridgehead atoms. The van der Waals surface area contributed by atoms with Crippen LogP contribution in [0.1, 0.15) is 12.8 Å². The van der Waals surface area contributed by atoms with Crippen LogP contribution >= 0.6 is 0 Å². The Morgan fingerprint density at radius 2 is 1.86 bits per heavy atom. The maximum atomic E-state index is 12.1. The molecule has 1 heterocycles. The third-order valence-corrected chi connectivity index (χ3v) is 3.77. The number of rotatable bonds is 4. The zero-order valence-corrected chi connectivity index (χ0v) is 12.4. The van der Waals surface area contributed by atoms with Crippen molar-refractivity contribution >= 4 is 11.7 Å². The van der Waals surface area contributed by atoms with E-state index in [1.165, 1.54) is 0 Å². The largest absolute Gasteiger partial charge is 0.376 e. The van der Waals surface area contributed by atoms with Crippen LogP contribution in [-0.2, 0) is 4.74 Å². The number of nitrogens with one attached hydrogen (secondary N) is 2. The minimum atomic E-state index is -0.195. The van der Waals surface area contributed by atoms with Gasteiger partial charge in [0.15, 0.2) is 0 Å². The Kier molecular flexibility index (Phi) is 4.71. The molecule has 2 aromatic rings. The molecule has 1 aliphatic heterocycles. The highest BCUT2D eigenvalue weighted by molar-refractivity contribution is 5.94. The number of para-hydroxylation sites is 1. The lowest BCUT2D eigenvalue weighted by atomic mass is 10.0. The van der Waals surface area contributed by atoms with Gasteiger partial charge in [0, 0.05) is 18.7 Å². The van der Waals surface area contributed by atoms with Gasteiger partial charge in [0.25, 0.3) is 0 Å². The number of hydrogen-bond acceptors (Lipinski definition) is 2. The van der Waals surface area contributed by atoms with Crippen LogP contribution in [0, 0.1) is 0 Å². The second-order valence-electron chi connectivity index (χ2n) is 5.38. The standard InChI is InChI=1S/C18H20N2O2/c21-18(19-13-15-9-6-12-22-15)20-17-11-5-4-10-16(17)14-7-2-1-3-8-14/h1-5,7-8,10-11,15H,6,9,12-13H2,(H2,19,20,21). The molecule has 0 saturated carbocycles. The first-order valence-corrected chi connectivity index (χ1v) is 7.64. The van der Waals surface area contributed by atoms with Crippen molar-refractivity contribution in [3.8, 4) is 11.1 Å². The van der Waals surface area contributed by atoms with Crippen molar-refractivity contribution in [3.05, 3.63) is 54.6 Å². The zero-order valence-electron chi connectivity index (χ0n) is 12.4. The van der Waals surface area contributed by atoms with Gasteiger partial charge in [-0.25, -0.2) is 4.79 Å². The second kappa shape index (κ2) is 7.09. The number of benzene rings is 2. The van der Waals surface area contributed by atoms with E-state index in [0.717, 1.165) is 36.3 Å². The Hall–Kier alpha value is -2.33. The summed E-state index contributed by atoms with van der Waals surface area (Å²) in [7, 11) is 0. The molecular weight excluding hydrogens is 276 g/mol. The third kappa shape index (κ3) is 3.65. The number of ether oxygens (including phenoxy) is 1. The molecule has 2 N–H and O–H groups in total. The molecule has 0 radical (unpaired) electrons. The third-order valence-electron chi connectivity index (χ3n) is 3.77. The van der Waals surface area contributed by atoms with Crippen LogP contribution in [0.5, 0.6) is 0 Å². The fourth-order valence-electron chi connectivity index (χ4n) is 2.64. The highest BCUT2D eigenvalue weighted by Crippen LogP contribution is 2.27. The van der Waals surface area contributed by atoms with Gasteiger partial charge >= 0.3 is 6.03 Å². The molecule has 1 fully saturated rings. The zero-order chi connectivity index (χ0) is 15.2. The lowest BCUT2D eigenvalue weighted by Crippen LogP contribution is -2.35. The van der Waals surface area contributed by atoms with E-state index in [1.807, 2.05) is 54.6 Å². The normalized spacial score (nSPS) is 17.2. The predicted molar refractivity (Wildman–Crippen MR) is 87.9 cm³/mol. The quantitative estimate of drug-likeness (QED) is 0.904. The summed E-state index contributed by atoms with van der Waals surface area (Å²) >= 11 is 0. The fraction of sp³-hybridized carbons (Fsp3) is 0.278. The van der Waals surface area contributed by atoms with Gasteiger partial charge in [-0.3, -0.25) is 0 Å². The summed E-state index contributed by atoms with van der Waals surface area (Å²) in [4.78, 5) is 12.1. The average molecular weight is 296 g/mol. The number of amides is 2. The van der Waals surface area contributed by atoms with Crippen molar-refractivity contribution in [1.82, 2.24) is 5.32 Å². The number of urea groups is 1. The molecule has 2 amide bonds. The molecule has 0 aliphatic carbocycles. The average Bonchev–Trinajstić information content (AvgIpc) is 3.08. The molecule has 0 spiro atoms. The molecule has 1 saturated heterocycles. The number of carbonyl (C=O) groups is 1. The Balaban J connectivity index is 1.66. The van der Waals surface area contributed by atoms with Crippen molar-refractivity contribution in [2.75, 3.05) is 18.5 Å². The molecule has 2 aromatic carbocycles. The van der Waals surface area contributed by atoms with Crippen molar-refractivity contribution < 1.29 is 9.53 Å². The van der Waals surface area contributed by atoms with Crippen LogP contribution < -0.4 is 10.6 Å². The molecule has 114 valence electrons. The van der Waals surface area contributed by atoms with E-state index in [9.17, 15) is 4.79 Å². The van der Waals surface area contributed by atoms with E-state index in [1.54, 1.807) is 0 Å². The van der Waals surface area contributed by atoms with Gasteiger partial charge in [-0.05, 0) is 24.5 Å². The van der Waals surface area contributed by atoms with Crippen LogP contribution in [0.3, 0.4) is 0 Å². The van der Waals surface area contributed by atoms with Gasteiger partial charge < -0.3 is 15.4 Å². The fourth-order valence-corrected chi connectivity index (χ4v) is 2.64. The molecular formula is C18H20N2O2. The second-order valence-corrected chi connectivity index (χ2v) is 5.38. The van der Waals surface area contributed by atoms with E-state index in [2.05, 4.69) is 10.6 Å². The summed E-state index contributed by atoms with van der Waals surface area (Å²) in [5.74, 6) is 0. The van der Waals surface area contributed by atoms with Crippen LogP contribution in [0.15, 0.2) is 54.6 Å². The number of carbonyl (C=O) groups excluding carboxylic acids is 1. The van der Waals surface area contributed by atoms with Crippen LogP contribution in [0.2, 0.25) is 0 Å². The van der Waals surface area contributed by atoms with Gasteiger partial charge in [0.05, 0.1) is 11.8 Å². The summed E-state index contributed by atoms with van der Waals surface area (Å²) < 4.78 is 5.50. The molecule has 1 unspecified atom stereocenters. The first-order valence-electron chi connectivity index (χ1n) is 7.64. The lowest BCUT2D eigenvalue weighted by Gasteiger charge is -2.14. The highest BCUT2D eigenvalue weighted by Gasteiger charge is 2.16. The Bertz CT molecular complexity index is 622. The minimum absolute atomic E-state index is 0.148. The van der Waals surface area contributed by atoms with E-state index in [0.29, 0.717) is 6.54 Å². The molecule has 4 nitrogen and oxygen atoms in total. The Labute approximate surface area is 130 Å². The molecule has 0 aromatic heterocycles. The smallest absolute Gasteiger partial charge is 0.319 e. The molecule has 4 heteroatoms. The first kappa shape index (κ1) is 14.6. The van der Waals surface area contributed by atoms with Crippen molar-refractivity contribution in [1.29, 1.82) is 0 Å². The Morgan fingerprint density at radius 1 is 1.09 bits per heavy atom. The maximum absolute atomic E-state index is 12.1. The van der Waals surface area contributed by atoms with Gasteiger partial charge in [-0.2, -0.15) is 0 Å². The number of hydrogen-bond donors (Lipinski definition) is 2. The number of anilines is 1. The van der Waals surface area contributed by atoms with E-state index < -0.39 is 0 Å². The summed E-state index contributed by atoms with van der Waals surface area (Å²) in [5.41, 5.74) is 2.89. The molecule has 1 aliphatic rings. The van der Waals surface area contributed by atoms with Crippen LogP contribution in [0.25, 0.3) is 11.1 Å². The summed E-state index contributed by atoms with van der Waals surface area (Å²) in [6.45, 7) is 1.35. The van der Waals surface area contributed by atoms with Gasteiger partial charge in [-0.15, -0.1) is 0 Å². The monoisotopic (exact) mass is 296 g/mol. The Morgan fingerprint density at radius 3 is 2.64 bits per heavy atom. The minimum Gasteiger partial charge on any atom is -0.376 e. The molecule has 22 heavy (non-hydrogen) atoms. The summed E-state index contributed by atoms with van der Waals surface area (Å²) in [6, 6.07) is 17.6. The van der Waals surface area contributed by atoms with Crippen LogP contribution in [-0.4, -0.2) is 25.3 Å². The van der Waals surface area contributed by atoms with E-state index in [4.69, 9.17) is 4.74 Å². The SMILES string of the molecule is O=C(NCC1CCCO1)Nc1ccccc1-c1ccccc1. The summed E-state index contributed by atoms with van der Waals surface area (Å²) in [5, 5.41) is 5.80. The lowest BCUT2D eigenvalue weighted by molar-refractivity contribution is 0.112. The summed E-state index contributed by atoms with van der Waals surface area (Å²) in [6.07, 6.45) is 2.24. The van der Waals surface area contributed by atoms with E-state index in [-0.39, 0.29) is 12.1 Å². The molecule has 1 atom stereocenters. The van der Waals surface area contributed by atoms with Crippen LogP contribution in [0.4, 0.5) is 10.5 Å². The van der Waals surface area contributed by atoms with E-state index >= 15 is 0 Å². The maximum Gasteiger partial charge on any atom is 0.319 e. The van der Waals surface area contributed by atoms with Crippen molar-refractivity contribution in [3.63, 3.8) is 0 Å². The first-order chi connectivity index (χ1) is 10.8. The van der Waals surface area contributed by atoms with Gasteiger partial charge in [-0.1, -0.05) is 48.5 Å². The molecule has 3 rings (SSSR count). The van der Waals surface area contributed by atoms with Crippen molar-refractivity contribution in [2.45, 2.75) is 18.9 Å². The van der Waals surface area contributed by atoms with Gasteiger partial charge in [0.2, 0.25) is 0 Å².